The van der Waals surface area contributed by atoms with Crippen molar-refractivity contribution in [1.82, 2.24) is 5.43 Å². The molecule has 0 bridgehead atoms. The molecule has 3 aromatic rings. The molecule has 3 N–H and O–H groups in total. The molecule has 10 heteroatoms. The zero-order chi connectivity index (χ0) is 23.8. The number of para-hydroxylation sites is 1. The fraction of sp³-hybridized carbons (Fsp3) is 0.0435. The van der Waals surface area contributed by atoms with Crippen molar-refractivity contribution < 1.29 is 19.1 Å². The maximum absolute atomic E-state index is 12.7. The van der Waals surface area contributed by atoms with E-state index in [2.05, 4.69) is 37.1 Å². The molecule has 0 aliphatic heterocycles. The standard InChI is InChI=1S/C23H18BrClN4O4/c1-33-20-11-6-15(24)12-14(20)13-26-29-23(32)22(31)28-19-5-3-2-4-18(19)21(30)27-17-9-7-16(25)8-10-17/h2-13H,1H3,(H,27,30)(H,28,31)(H,29,32)/b26-13-. The fourth-order valence-corrected chi connectivity index (χ4v) is 3.22. The number of carbonyl (C=O) groups is 3. The van der Waals surface area contributed by atoms with Crippen LogP contribution in [0.25, 0.3) is 0 Å². The van der Waals surface area contributed by atoms with Crippen molar-refractivity contribution in [3.8, 4) is 5.75 Å². The van der Waals surface area contributed by atoms with Gasteiger partial charge in [0.1, 0.15) is 5.75 Å². The first-order chi connectivity index (χ1) is 15.9. The molecule has 8 nitrogen and oxygen atoms in total. The largest absolute Gasteiger partial charge is 0.496 e. The number of halogens is 2. The van der Waals surface area contributed by atoms with E-state index < -0.39 is 17.7 Å². The van der Waals surface area contributed by atoms with Crippen LogP contribution < -0.4 is 20.8 Å². The van der Waals surface area contributed by atoms with E-state index in [1.54, 1.807) is 54.6 Å². The van der Waals surface area contributed by atoms with Crippen molar-refractivity contribution in [1.29, 1.82) is 0 Å². The van der Waals surface area contributed by atoms with Gasteiger partial charge in [-0.05, 0) is 54.6 Å². The molecule has 3 rings (SSSR count). The van der Waals surface area contributed by atoms with Crippen LogP contribution in [0.4, 0.5) is 11.4 Å². The van der Waals surface area contributed by atoms with Crippen LogP contribution in [0.1, 0.15) is 15.9 Å². The molecule has 0 saturated carbocycles. The van der Waals surface area contributed by atoms with E-state index in [9.17, 15) is 14.4 Å². The van der Waals surface area contributed by atoms with Gasteiger partial charge in [0, 0.05) is 20.7 Å². The molecule has 0 fully saturated rings. The summed E-state index contributed by atoms with van der Waals surface area (Å²) in [7, 11) is 1.51. The Balaban J connectivity index is 1.65. The average Bonchev–Trinajstić information content (AvgIpc) is 2.81. The average molecular weight is 530 g/mol. The Morgan fingerprint density at radius 2 is 1.70 bits per heavy atom. The topological polar surface area (TPSA) is 109 Å². The van der Waals surface area contributed by atoms with E-state index in [1.807, 2.05) is 0 Å². The Morgan fingerprint density at radius 1 is 0.970 bits per heavy atom. The molecule has 3 amide bonds. The Labute approximate surface area is 203 Å². The highest BCUT2D eigenvalue weighted by molar-refractivity contribution is 9.10. The Morgan fingerprint density at radius 3 is 2.42 bits per heavy atom. The highest BCUT2D eigenvalue weighted by atomic mass is 79.9. The van der Waals surface area contributed by atoms with E-state index >= 15 is 0 Å². The van der Waals surface area contributed by atoms with Gasteiger partial charge in [0.25, 0.3) is 5.91 Å². The van der Waals surface area contributed by atoms with Gasteiger partial charge in [0.2, 0.25) is 0 Å². The lowest BCUT2D eigenvalue weighted by Crippen LogP contribution is -2.33. The predicted octanol–water partition coefficient (Wildman–Crippen LogP) is 4.45. The molecule has 0 aromatic heterocycles. The summed E-state index contributed by atoms with van der Waals surface area (Å²) < 4.78 is 6.01. The first-order valence-corrected chi connectivity index (χ1v) is 10.7. The second-order valence-electron chi connectivity index (χ2n) is 6.55. The molecule has 3 aromatic carbocycles. The number of benzene rings is 3. The number of rotatable bonds is 6. The Kier molecular flexibility index (Phi) is 8.17. The second kappa shape index (κ2) is 11.3. The zero-order valence-corrected chi connectivity index (χ0v) is 19.6. The van der Waals surface area contributed by atoms with E-state index in [-0.39, 0.29) is 11.3 Å². The van der Waals surface area contributed by atoms with Crippen LogP contribution in [0.3, 0.4) is 0 Å². The first kappa shape index (κ1) is 24.0. The highest BCUT2D eigenvalue weighted by Crippen LogP contribution is 2.21. The smallest absolute Gasteiger partial charge is 0.329 e. The van der Waals surface area contributed by atoms with Crippen molar-refractivity contribution in [3.63, 3.8) is 0 Å². The number of methoxy groups -OCH3 is 1. The minimum atomic E-state index is -1.01. The third-order valence-electron chi connectivity index (χ3n) is 4.29. The van der Waals surface area contributed by atoms with E-state index in [1.165, 1.54) is 25.5 Å². The quantitative estimate of drug-likeness (QED) is 0.249. The minimum Gasteiger partial charge on any atom is -0.496 e. The summed E-state index contributed by atoms with van der Waals surface area (Å²) in [5.74, 6) is -1.91. The number of anilines is 2. The summed E-state index contributed by atoms with van der Waals surface area (Å²) in [5.41, 5.74) is 3.62. The Bertz CT molecular complexity index is 1220. The molecule has 0 radical (unpaired) electrons. The van der Waals surface area contributed by atoms with Crippen LogP contribution in [0, 0.1) is 0 Å². The normalized spacial score (nSPS) is 10.5. The molecule has 168 valence electrons. The van der Waals surface area contributed by atoms with Crippen LogP contribution in [-0.4, -0.2) is 31.0 Å². The molecule has 33 heavy (non-hydrogen) atoms. The molecule has 0 spiro atoms. The maximum atomic E-state index is 12.7. The number of hydrazone groups is 1. The number of carbonyl (C=O) groups excluding carboxylic acids is 3. The third kappa shape index (κ3) is 6.64. The lowest BCUT2D eigenvalue weighted by Gasteiger charge is -2.11. The van der Waals surface area contributed by atoms with Gasteiger partial charge in [-0.15, -0.1) is 0 Å². The van der Waals surface area contributed by atoms with Gasteiger partial charge in [-0.25, -0.2) is 5.43 Å². The summed E-state index contributed by atoms with van der Waals surface area (Å²) in [6.07, 6.45) is 1.35. The van der Waals surface area contributed by atoms with E-state index in [0.717, 1.165) is 4.47 Å². The van der Waals surface area contributed by atoms with E-state index in [4.69, 9.17) is 16.3 Å². The van der Waals surface area contributed by atoms with Gasteiger partial charge in [0.15, 0.2) is 0 Å². The van der Waals surface area contributed by atoms with Crippen LogP contribution in [0.2, 0.25) is 5.02 Å². The Hall–Kier alpha value is -3.69. The second-order valence-corrected chi connectivity index (χ2v) is 7.90. The van der Waals surface area contributed by atoms with Gasteiger partial charge in [-0.1, -0.05) is 39.7 Å². The van der Waals surface area contributed by atoms with Crippen LogP contribution in [0.15, 0.2) is 76.3 Å². The minimum absolute atomic E-state index is 0.168. The van der Waals surface area contributed by atoms with Crippen molar-refractivity contribution in [2.45, 2.75) is 0 Å². The lowest BCUT2D eigenvalue weighted by atomic mass is 10.1. The SMILES string of the molecule is COc1ccc(Br)cc1/C=N\NC(=O)C(=O)Nc1ccccc1C(=O)Nc1ccc(Cl)cc1. The van der Waals surface area contributed by atoms with Crippen molar-refractivity contribution in [2.75, 3.05) is 17.7 Å². The summed E-state index contributed by atoms with van der Waals surface area (Å²) in [5, 5.41) is 9.47. The third-order valence-corrected chi connectivity index (χ3v) is 5.03. The summed E-state index contributed by atoms with van der Waals surface area (Å²) in [6, 6.07) is 18.1. The molecular formula is C23H18BrClN4O4. The number of amides is 3. The molecule has 0 aliphatic carbocycles. The number of hydrogen-bond donors (Lipinski definition) is 3. The van der Waals surface area contributed by atoms with Gasteiger partial charge >= 0.3 is 11.8 Å². The van der Waals surface area contributed by atoms with Gasteiger partial charge < -0.3 is 15.4 Å². The van der Waals surface area contributed by atoms with Crippen LogP contribution >= 0.6 is 27.5 Å². The molecule has 0 unspecified atom stereocenters. The zero-order valence-electron chi connectivity index (χ0n) is 17.3. The van der Waals surface area contributed by atoms with Crippen molar-refractivity contribution >= 4 is 62.8 Å². The molecule has 0 atom stereocenters. The number of hydrogen-bond acceptors (Lipinski definition) is 5. The monoisotopic (exact) mass is 528 g/mol. The van der Waals surface area contributed by atoms with E-state index in [0.29, 0.717) is 22.0 Å². The molecule has 0 heterocycles. The van der Waals surface area contributed by atoms with Crippen LogP contribution in [-0.2, 0) is 9.59 Å². The first-order valence-electron chi connectivity index (χ1n) is 9.51. The maximum Gasteiger partial charge on any atom is 0.329 e. The predicted molar refractivity (Wildman–Crippen MR) is 131 cm³/mol. The number of nitrogens with one attached hydrogen (secondary N) is 3. The van der Waals surface area contributed by atoms with Crippen molar-refractivity contribution in [2.24, 2.45) is 5.10 Å². The molecule has 0 saturated heterocycles. The number of ether oxygens (including phenoxy) is 1. The van der Waals surface area contributed by atoms with Crippen molar-refractivity contribution in [3.05, 3.63) is 87.4 Å². The summed E-state index contributed by atoms with van der Waals surface area (Å²) >= 11 is 9.20. The highest BCUT2D eigenvalue weighted by Gasteiger charge is 2.18. The van der Waals surface area contributed by atoms with Gasteiger partial charge in [-0.3, -0.25) is 14.4 Å². The number of nitrogens with zero attached hydrogens (tertiary/aromatic N) is 1. The van der Waals surface area contributed by atoms with Crippen LogP contribution in [0.5, 0.6) is 5.75 Å². The lowest BCUT2D eigenvalue weighted by molar-refractivity contribution is -0.136. The summed E-state index contributed by atoms with van der Waals surface area (Å²) in [6.45, 7) is 0. The summed E-state index contributed by atoms with van der Waals surface area (Å²) in [4.78, 5) is 37.2. The molecule has 0 aliphatic rings. The molecular weight excluding hydrogens is 512 g/mol. The van der Waals surface area contributed by atoms with Gasteiger partial charge in [-0.2, -0.15) is 5.10 Å². The fourth-order valence-electron chi connectivity index (χ4n) is 2.72. The van der Waals surface area contributed by atoms with Gasteiger partial charge in [0.05, 0.1) is 24.6 Å².